The third-order valence-electron chi connectivity index (χ3n) is 4.98. The van der Waals surface area contributed by atoms with Crippen LogP contribution in [-0.4, -0.2) is 44.9 Å². The highest BCUT2D eigenvalue weighted by molar-refractivity contribution is 7.98. The Kier molecular flexibility index (Phi) is 5.85. The summed E-state index contributed by atoms with van der Waals surface area (Å²) in [5, 5.41) is 10.2. The summed E-state index contributed by atoms with van der Waals surface area (Å²) in [5.41, 5.74) is 2.54. The number of benzene rings is 2. The number of thioether (sulfide) groups is 1. The minimum Gasteiger partial charge on any atom is -0.491 e. The molecule has 0 aliphatic carbocycles. The van der Waals surface area contributed by atoms with Gasteiger partial charge < -0.3 is 10.1 Å². The van der Waals surface area contributed by atoms with Crippen LogP contribution in [0.1, 0.15) is 17.0 Å². The molecule has 0 aliphatic heterocycles. The molecule has 0 atom stereocenters. The van der Waals surface area contributed by atoms with Gasteiger partial charge in [0, 0.05) is 22.3 Å². The van der Waals surface area contributed by atoms with E-state index in [9.17, 15) is 4.79 Å². The molecule has 0 unspecified atom stereocenters. The van der Waals surface area contributed by atoms with E-state index in [0.717, 1.165) is 33.5 Å². The van der Waals surface area contributed by atoms with E-state index in [-0.39, 0.29) is 12.3 Å². The van der Waals surface area contributed by atoms with Gasteiger partial charge in [-0.3, -0.25) is 4.79 Å². The Hall–Kier alpha value is -3.13. The predicted octanol–water partition coefficient (Wildman–Crippen LogP) is 3.35. The molecule has 154 valence electrons. The SMILES string of the molecule is CSc1nc2nc(C)c(CC(=O)NCCOc3cccc4ccccc34)c(C)n2n1. The molecule has 1 amide bonds. The van der Waals surface area contributed by atoms with E-state index in [2.05, 4.69) is 32.5 Å². The molecule has 4 aromatic rings. The summed E-state index contributed by atoms with van der Waals surface area (Å²) >= 11 is 1.46. The van der Waals surface area contributed by atoms with Gasteiger partial charge >= 0.3 is 0 Å². The van der Waals surface area contributed by atoms with Gasteiger partial charge in [0.15, 0.2) is 0 Å². The number of nitrogens with one attached hydrogen (secondary N) is 1. The van der Waals surface area contributed by atoms with Crippen molar-refractivity contribution in [3.63, 3.8) is 0 Å². The van der Waals surface area contributed by atoms with Gasteiger partial charge in [-0.2, -0.15) is 4.98 Å². The number of aryl methyl sites for hydroxylation is 2. The summed E-state index contributed by atoms with van der Waals surface area (Å²) in [5.74, 6) is 1.30. The van der Waals surface area contributed by atoms with Crippen LogP contribution in [0.5, 0.6) is 5.75 Å². The molecule has 2 aromatic heterocycles. The van der Waals surface area contributed by atoms with Crippen molar-refractivity contribution in [1.82, 2.24) is 24.9 Å². The number of carbonyl (C=O) groups is 1. The van der Waals surface area contributed by atoms with Crippen molar-refractivity contribution in [2.75, 3.05) is 19.4 Å². The minimum absolute atomic E-state index is 0.0749. The lowest BCUT2D eigenvalue weighted by molar-refractivity contribution is -0.120. The lowest BCUT2D eigenvalue weighted by atomic mass is 10.1. The van der Waals surface area contributed by atoms with Crippen molar-refractivity contribution in [2.24, 2.45) is 0 Å². The first kappa shape index (κ1) is 20.2. The molecule has 2 aromatic carbocycles. The first-order chi connectivity index (χ1) is 14.6. The zero-order valence-corrected chi connectivity index (χ0v) is 18.0. The maximum absolute atomic E-state index is 12.5. The fourth-order valence-corrected chi connectivity index (χ4v) is 3.76. The van der Waals surface area contributed by atoms with Crippen molar-refractivity contribution in [3.8, 4) is 5.75 Å². The smallest absolute Gasteiger partial charge is 0.253 e. The van der Waals surface area contributed by atoms with Gasteiger partial charge in [-0.25, -0.2) is 9.50 Å². The zero-order chi connectivity index (χ0) is 21.1. The van der Waals surface area contributed by atoms with E-state index < -0.39 is 0 Å². The van der Waals surface area contributed by atoms with Crippen molar-refractivity contribution >= 4 is 34.2 Å². The van der Waals surface area contributed by atoms with Crippen molar-refractivity contribution < 1.29 is 9.53 Å². The number of hydrogen-bond donors (Lipinski definition) is 1. The van der Waals surface area contributed by atoms with Crippen molar-refractivity contribution in [1.29, 1.82) is 0 Å². The predicted molar refractivity (Wildman–Crippen MR) is 118 cm³/mol. The van der Waals surface area contributed by atoms with E-state index >= 15 is 0 Å². The van der Waals surface area contributed by atoms with Crippen molar-refractivity contribution in [3.05, 3.63) is 59.4 Å². The average molecular weight is 422 g/mol. The van der Waals surface area contributed by atoms with E-state index in [1.807, 2.05) is 50.4 Å². The van der Waals surface area contributed by atoms with E-state index in [1.165, 1.54) is 11.8 Å². The molecule has 0 saturated carbocycles. The van der Waals surface area contributed by atoms with Gasteiger partial charge in [-0.15, -0.1) is 5.10 Å². The Balaban J connectivity index is 1.37. The van der Waals surface area contributed by atoms with Crippen molar-refractivity contribution in [2.45, 2.75) is 25.4 Å². The van der Waals surface area contributed by atoms with Crippen LogP contribution >= 0.6 is 11.8 Å². The average Bonchev–Trinajstić information content (AvgIpc) is 3.17. The molecular weight excluding hydrogens is 398 g/mol. The van der Waals surface area contributed by atoms with E-state index in [4.69, 9.17) is 4.74 Å². The molecule has 0 spiro atoms. The molecule has 0 aliphatic rings. The second-order valence-electron chi connectivity index (χ2n) is 6.92. The number of ether oxygens (including phenoxy) is 1. The molecule has 4 rings (SSSR count). The quantitative estimate of drug-likeness (QED) is 0.364. The van der Waals surface area contributed by atoms with Gasteiger partial charge in [0.25, 0.3) is 5.78 Å². The monoisotopic (exact) mass is 421 g/mol. The minimum atomic E-state index is -0.0749. The number of aromatic nitrogens is 4. The largest absolute Gasteiger partial charge is 0.491 e. The lowest BCUT2D eigenvalue weighted by Crippen LogP contribution is -2.30. The van der Waals surface area contributed by atoms with Crippen LogP contribution in [0.25, 0.3) is 16.6 Å². The normalized spacial score (nSPS) is 11.2. The van der Waals surface area contributed by atoms with E-state index in [1.54, 1.807) is 4.52 Å². The number of amides is 1. The maximum Gasteiger partial charge on any atom is 0.253 e. The Morgan fingerprint density at radius 2 is 1.93 bits per heavy atom. The highest BCUT2D eigenvalue weighted by atomic mass is 32.2. The number of rotatable bonds is 7. The molecule has 0 radical (unpaired) electrons. The van der Waals surface area contributed by atoms with Crippen LogP contribution < -0.4 is 10.1 Å². The molecule has 7 nitrogen and oxygen atoms in total. The Morgan fingerprint density at radius 3 is 2.77 bits per heavy atom. The zero-order valence-electron chi connectivity index (χ0n) is 17.2. The van der Waals surface area contributed by atoms with Crippen LogP contribution in [-0.2, 0) is 11.2 Å². The molecule has 30 heavy (non-hydrogen) atoms. The standard InChI is InChI=1S/C22H23N5O2S/c1-14-18(15(2)27-21(24-14)25-22(26-27)30-3)13-20(28)23-11-12-29-19-10-6-8-16-7-4-5-9-17(16)19/h4-10H,11-13H2,1-3H3,(H,23,28). The maximum atomic E-state index is 12.5. The molecule has 0 bridgehead atoms. The summed E-state index contributed by atoms with van der Waals surface area (Å²) in [6.07, 6.45) is 2.16. The first-order valence-corrected chi connectivity index (χ1v) is 10.9. The number of fused-ring (bicyclic) bond motifs is 2. The fourth-order valence-electron chi connectivity index (χ4n) is 3.43. The van der Waals surface area contributed by atoms with Gasteiger partial charge in [0.05, 0.1) is 13.0 Å². The van der Waals surface area contributed by atoms with Gasteiger partial charge in [0.2, 0.25) is 11.1 Å². The second-order valence-corrected chi connectivity index (χ2v) is 7.70. The third kappa shape index (κ3) is 4.09. The summed E-state index contributed by atoms with van der Waals surface area (Å²) in [7, 11) is 0. The van der Waals surface area contributed by atoms with Gasteiger partial charge in [-0.05, 0) is 31.6 Å². The summed E-state index contributed by atoms with van der Waals surface area (Å²) in [4.78, 5) is 21.4. The van der Waals surface area contributed by atoms with Crippen LogP contribution in [0, 0.1) is 13.8 Å². The first-order valence-electron chi connectivity index (χ1n) is 9.71. The molecular formula is C22H23N5O2S. The van der Waals surface area contributed by atoms with Gasteiger partial charge in [0.1, 0.15) is 12.4 Å². The Labute approximate surface area is 178 Å². The Morgan fingerprint density at radius 1 is 1.13 bits per heavy atom. The molecule has 0 saturated heterocycles. The topological polar surface area (TPSA) is 81.4 Å². The molecule has 0 fully saturated rings. The van der Waals surface area contributed by atoms with E-state index in [0.29, 0.717) is 24.1 Å². The summed E-state index contributed by atoms with van der Waals surface area (Å²) < 4.78 is 7.59. The summed E-state index contributed by atoms with van der Waals surface area (Å²) in [6, 6.07) is 14.0. The van der Waals surface area contributed by atoms with Crippen LogP contribution in [0.2, 0.25) is 0 Å². The molecule has 1 N–H and O–H groups in total. The molecule has 2 heterocycles. The fraction of sp³-hybridized carbons (Fsp3) is 0.273. The highest BCUT2D eigenvalue weighted by Crippen LogP contribution is 2.25. The van der Waals surface area contributed by atoms with Crippen LogP contribution in [0.4, 0.5) is 0 Å². The Bertz CT molecular complexity index is 1220. The third-order valence-corrected chi connectivity index (χ3v) is 5.52. The lowest BCUT2D eigenvalue weighted by Gasteiger charge is -2.12. The van der Waals surface area contributed by atoms with Gasteiger partial charge in [-0.1, -0.05) is 48.2 Å². The van der Waals surface area contributed by atoms with Crippen LogP contribution in [0.3, 0.4) is 0 Å². The van der Waals surface area contributed by atoms with Crippen LogP contribution in [0.15, 0.2) is 47.6 Å². The number of carbonyl (C=O) groups excluding carboxylic acids is 1. The number of nitrogens with zero attached hydrogens (tertiary/aromatic N) is 4. The second kappa shape index (κ2) is 8.71. The number of hydrogen-bond acceptors (Lipinski definition) is 6. The summed E-state index contributed by atoms with van der Waals surface area (Å²) in [6.45, 7) is 4.66. The highest BCUT2D eigenvalue weighted by Gasteiger charge is 2.15. The molecule has 8 heteroatoms.